The minimum Gasteiger partial charge on any atom is -0.381 e. The quantitative estimate of drug-likeness (QED) is 0.886. The van der Waals surface area contributed by atoms with Crippen molar-refractivity contribution in [2.45, 2.75) is 64.1 Å². The Morgan fingerprint density at radius 3 is 2.75 bits per heavy atom. The zero-order chi connectivity index (χ0) is 16.9. The molecule has 1 fully saturated rings. The minimum absolute atomic E-state index is 0.135. The number of hydrogen-bond donors (Lipinski definition) is 1. The number of ether oxygens (including phenoxy) is 1. The average molecular weight is 329 g/mol. The highest BCUT2D eigenvalue weighted by atomic mass is 16.5. The lowest BCUT2D eigenvalue weighted by atomic mass is 9.93. The van der Waals surface area contributed by atoms with Crippen LogP contribution in [-0.2, 0) is 22.5 Å². The van der Waals surface area contributed by atoms with Crippen LogP contribution in [0.1, 0.15) is 44.9 Å². The van der Waals surface area contributed by atoms with Gasteiger partial charge in [0.2, 0.25) is 5.91 Å². The van der Waals surface area contributed by atoms with E-state index in [9.17, 15) is 4.79 Å². The number of hydrogen-bond acceptors (Lipinski definition) is 3. The lowest BCUT2D eigenvalue weighted by molar-refractivity contribution is -0.122. The van der Waals surface area contributed by atoms with E-state index in [0.717, 1.165) is 49.0 Å². The molecule has 1 N–H and O–H groups in total. The van der Waals surface area contributed by atoms with E-state index in [-0.39, 0.29) is 5.91 Å². The number of rotatable bonds is 6. The molecule has 5 nitrogen and oxygen atoms in total. The van der Waals surface area contributed by atoms with Crippen molar-refractivity contribution >= 4 is 16.9 Å². The van der Waals surface area contributed by atoms with Crippen LogP contribution in [0, 0.1) is 0 Å². The number of carbonyl (C=O) groups excluding carboxylic acids is 1. The Bertz CT molecular complexity index is 687. The molecule has 1 amide bonds. The molecule has 1 heterocycles. The van der Waals surface area contributed by atoms with Gasteiger partial charge in [-0.15, -0.1) is 0 Å². The molecule has 1 aromatic carbocycles. The molecular weight excluding hydrogens is 302 g/mol. The lowest BCUT2D eigenvalue weighted by Gasteiger charge is -2.28. The van der Waals surface area contributed by atoms with Crippen molar-refractivity contribution in [1.82, 2.24) is 14.9 Å². The Balaban J connectivity index is 1.57. The molecule has 1 aromatic heterocycles. The highest BCUT2D eigenvalue weighted by Gasteiger charge is 2.22. The second-order valence-electron chi connectivity index (χ2n) is 6.55. The van der Waals surface area contributed by atoms with Crippen molar-refractivity contribution in [3.63, 3.8) is 0 Å². The summed E-state index contributed by atoms with van der Waals surface area (Å²) < 4.78 is 7.56. The van der Waals surface area contributed by atoms with Gasteiger partial charge in [-0.2, -0.15) is 0 Å². The first kappa shape index (κ1) is 17.0. The van der Waals surface area contributed by atoms with Crippen molar-refractivity contribution in [2.75, 3.05) is 7.11 Å². The molecule has 0 spiro atoms. The molecule has 1 saturated carbocycles. The molecule has 1 aliphatic rings. The lowest BCUT2D eigenvalue weighted by Crippen LogP contribution is -2.39. The van der Waals surface area contributed by atoms with Crippen molar-refractivity contribution in [3.05, 3.63) is 30.1 Å². The molecular formula is C19H27N3O2. The summed E-state index contributed by atoms with van der Waals surface area (Å²) in [6.45, 7) is 2.79. The normalized spacial score (nSPS) is 21.1. The van der Waals surface area contributed by atoms with Crippen LogP contribution in [0.3, 0.4) is 0 Å². The van der Waals surface area contributed by atoms with Gasteiger partial charge >= 0.3 is 0 Å². The van der Waals surface area contributed by atoms with Gasteiger partial charge in [0.25, 0.3) is 0 Å². The summed E-state index contributed by atoms with van der Waals surface area (Å²) >= 11 is 0. The first-order valence-corrected chi connectivity index (χ1v) is 8.97. The van der Waals surface area contributed by atoms with E-state index in [0.29, 0.717) is 25.1 Å². The predicted octanol–water partition coefficient (Wildman–Crippen LogP) is 3.06. The van der Waals surface area contributed by atoms with Crippen LogP contribution in [0.5, 0.6) is 0 Å². The molecule has 3 rings (SSSR count). The number of carbonyl (C=O) groups is 1. The molecule has 0 bridgehead atoms. The van der Waals surface area contributed by atoms with Gasteiger partial charge < -0.3 is 14.6 Å². The number of nitrogens with zero attached hydrogens (tertiary/aromatic N) is 2. The van der Waals surface area contributed by atoms with Gasteiger partial charge in [-0.05, 0) is 37.8 Å². The molecule has 2 aromatic rings. The maximum atomic E-state index is 12.3. The van der Waals surface area contributed by atoms with Gasteiger partial charge in [0, 0.05) is 32.5 Å². The summed E-state index contributed by atoms with van der Waals surface area (Å²) in [5.41, 5.74) is 2.12. The van der Waals surface area contributed by atoms with Crippen molar-refractivity contribution < 1.29 is 9.53 Å². The van der Waals surface area contributed by atoms with Crippen LogP contribution in [0.2, 0.25) is 0 Å². The van der Waals surface area contributed by atoms with Crippen molar-refractivity contribution in [2.24, 2.45) is 0 Å². The summed E-state index contributed by atoms with van der Waals surface area (Å²) in [6, 6.07) is 8.43. The Morgan fingerprint density at radius 1 is 1.29 bits per heavy atom. The smallest absolute Gasteiger partial charge is 0.222 e. The standard InChI is InChI=1S/C19H27N3O2/c1-3-18-21-16-6-4-5-7-17(16)22(18)13-12-19(23)20-14-8-10-15(24-2)11-9-14/h4-7,14-15H,3,8-13H2,1-2H3,(H,20,23). The number of amides is 1. The Morgan fingerprint density at radius 2 is 2.04 bits per heavy atom. The molecule has 0 aliphatic heterocycles. The third-order valence-electron chi connectivity index (χ3n) is 4.98. The Hall–Kier alpha value is -1.88. The number of aryl methyl sites for hydroxylation is 2. The number of methoxy groups -OCH3 is 1. The van der Waals surface area contributed by atoms with E-state index in [2.05, 4.69) is 27.9 Å². The summed E-state index contributed by atoms with van der Waals surface area (Å²) in [6.07, 6.45) is 5.83. The van der Waals surface area contributed by atoms with E-state index < -0.39 is 0 Å². The average Bonchev–Trinajstić information content (AvgIpc) is 2.98. The van der Waals surface area contributed by atoms with Crippen molar-refractivity contribution in [3.8, 4) is 0 Å². The van der Waals surface area contributed by atoms with Crippen LogP contribution < -0.4 is 5.32 Å². The number of para-hydroxylation sites is 2. The Kier molecular flexibility index (Phi) is 5.51. The summed E-state index contributed by atoms with van der Waals surface area (Å²) in [5, 5.41) is 3.18. The van der Waals surface area contributed by atoms with Crippen LogP contribution in [0.4, 0.5) is 0 Å². The fourth-order valence-electron chi connectivity index (χ4n) is 3.60. The fraction of sp³-hybridized carbons (Fsp3) is 0.579. The number of nitrogens with one attached hydrogen (secondary N) is 1. The molecule has 130 valence electrons. The van der Waals surface area contributed by atoms with Crippen LogP contribution in [-0.4, -0.2) is 34.7 Å². The number of imidazole rings is 1. The maximum Gasteiger partial charge on any atom is 0.222 e. The molecule has 0 saturated heterocycles. The summed E-state index contributed by atoms with van der Waals surface area (Å²) in [5.74, 6) is 1.18. The summed E-state index contributed by atoms with van der Waals surface area (Å²) in [7, 11) is 1.77. The van der Waals surface area contributed by atoms with Gasteiger partial charge in [0.15, 0.2) is 0 Å². The minimum atomic E-state index is 0.135. The van der Waals surface area contributed by atoms with Gasteiger partial charge in [0.05, 0.1) is 17.1 Å². The fourth-order valence-corrected chi connectivity index (χ4v) is 3.60. The largest absolute Gasteiger partial charge is 0.381 e. The maximum absolute atomic E-state index is 12.3. The van der Waals surface area contributed by atoms with Gasteiger partial charge in [0.1, 0.15) is 5.82 Å². The molecule has 24 heavy (non-hydrogen) atoms. The van der Waals surface area contributed by atoms with Crippen LogP contribution in [0.15, 0.2) is 24.3 Å². The number of fused-ring (bicyclic) bond motifs is 1. The molecule has 5 heteroatoms. The molecule has 1 aliphatic carbocycles. The molecule has 0 unspecified atom stereocenters. The van der Waals surface area contributed by atoms with E-state index >= 15 is 0 Å². The highest BCUT2D eigenvalue weighted by Crippen LogP contribution is 2.21. The second kappa shape index (κ2) is 7.79. The van der Waals surface area contributed by atoms with Crippen molar-refractivity contribution in [1.29, 1.82) is 0 Å². The monoisotopic (exact) mass is 329 g/mol. The van der Waals surface area contributed by atoms with Crippen LogP contribution >= 0.6 is 0 Å². The Labute approximate surface area is 143 Å². The van der Waals surface area contributed by atoms with Gasteiger partial charge in [-0.3, -0.25) is 4.79 Å². The van der Waals surface area contributed by atoms with E-state index in [1.54, 1.807) is 7.11 Å². The topological polar surface area (TPSA) is 56.2 Å². The first-order chi connectivity index (χ1) is 11.7. The third kappa shape index (κ3) is 3.78. The summed E-state index contributed by atoms with van der Waals surface area (Å²) in [4.78, 5) is 17.0. The predicted molar refractivity (Wildman–Crippen MR) is 94.9 cm³/mol. The highest BCUT2D eigenvalue weighted by molar-refractivity contribution is 5.78. The first-order valence-electron chi connectivity index (χ1n) is 8.97. The second-order valence-corrected chi connectivity index (χ2v) is 6.55. The zero-order valence-electron chi connectivity index (χ0n) is 14.6. The zero-order valence-corrected chi connectivity index (χ0v) is 14.6. The third-order valence-corrected chi connectivity index (χ3v) is 4.98. The SMILES string of the molecule is CCc1nc2ccccc2n1CCC(=O)NC1CCC(OC)CC1. The van der Waals surface area contributed by atoms with Gasteiger partial charge in [-0.25, -0.2) is 4.98 Å². The molecule has 0 radical (unpaired) electrons. The van der Waals surface area contributed by atoms with E-state index in [1.807, 2.05) is 18.2 Å². The molecule has 0 atom stereocenters. The number of benzene rings is 1. The number of aromatic nitrogens is 2. The van der Waals surface area contributed by atoms with E-state index in [4.69, 9.17) is 4.74 Å². The van der Waals surface area contributed by atoms with Crippen LogP contribution in [0.25, 0.3) is 11.0 Å². The van der Waals surface area contributed by atoms with Gasteiger partial charge in [-0.1, -0.05) is 19.1 Å². The van der Waals surface area contributed by atoms with E-state index in [1.165, 1.54) is 0 Å².